The van der Waals surface area contributed by atoms with Crippen molar-refractivity contribution >= 4 is 0 Å². The van der Waals surface area contributed by atoms with Crippen LogP contribution in [-0.2, 0) is 0 Å². The summed E-state index contributed by atoms with van der Waals surface area (Å²) < 4.78 is 0. The minimum Gasteiger partial charge on any atom is -0.377 e. The van der Waals surface area contributed by atoms with E-state index in [1.807, 2.05) is 41.5 Å². The van der Waals surface area contributed by atoms with Crippen LogP contribution in [0.25, 0.3) is 0 Å². The number of aliphatic hydroxyl groups is 1. The molecule has 0 saturated carbocycles. The van der Waals surface area contributed by atoms with Crippen LogP contribution >= 0.6 is 0 Å². The fourth-order valence-corrected chi connectivity index (χ4v) is 1.56. The Labute approximate surface area is 76.2 Å². The Balaban J connectivity index is 5.14. The van der Waals surface area contributed by atoms with Crippen LogP contribution < -0.4 is 0 Å². The zero-order valence-electron chi connectivity index (χ0n) is 9.02. The van der Waals surface area contributed by atoms with E-state index in [-0.39, 0.29) is 10.8 Å². The second-order valence-electron chi connectivity index (χ2n) is 5.35. The van der Waals surface area contributed by atoms with Gasteiger partial charge >= 0.3 is 0 Å². The molecule has 0 amide bonds. The van der Waals surface area contributed by atoms with Crippen LogP contribution in [0.1, 0.15) is 41.5 Å². The quantitative estimate of drug-likeness (QED) is 0.551. The molecule has 0 radical (unpaired) electrons. The summed E-state index contributed by atoms with van der Waals surface area (Å²) in [4.78, 5) is 0. The molecule has 1 heteroatoms. The third kappa shape index (κ3) is 1.64. The molecule has 0 aliphatic carbocycles. The minimum atomic E-state index is -1.06. The van der Waals surface area contributed by atoms with Crippen molar-refractivity contribution in [1.29, 1.82) is 0 Å². The van der Waals surface area contributed by atoms with E-state index in [0.717, 1.165) is 0 Å². The highest BCUT2D eigenvalue weighted by Crippen LogP contribution is 2.43. The molecule has 0 spiro atoms. The molecule has 0 aromatic rings. The monoisotopic (exact) mass is 168 g/mol. The molecule has 12 heavy (non-hydrogen) atoms. The first kappa shape index (κ1) is 11.5. The highest BCUT2D eigenvalue weighted by atomic mass is 16.3. The summed E-state index contributed by atoms with van der Waals surface area (Å²) in [5.74, 6) is 2.51. The van der Waals surface area contributed by atoms with E-state index in [9.17, 15) is 5.11 Å². The van der Waals surface area contributed by atoms with E-state index in [4.69, 9.17) is 6.42 Å². The van der Waals surface area contributed by atoms with Gasteiger partial charge in [-0.1, -0.05) is 47.5 Å². The molecule has 1 nitrogen and oxygen atoms in total. The maximum Gasteiger partial charge on any atom is 0.134 e. The lowest BCUT2D eigenvalue weighted by Crippen LogP contribution is -2.51. The first-order valence-electron chi connectivity index (χ1n) is 4.26. The first-order valence-corrected chi connectivity index (χ1v) is 4.26. The second kappa shape index (κ2) is 2.78. The summed E-state index contributed by atoms with van der Waals surface area (Å²) >= 11 is 0. The lowest BCUT2D eigenvalue weighted by molar-refractivity contribution is -0.0874. The maximum absolute atomic E-state index is 10.3. The molecule has 0 aromatic carbocycles. The largest absolute Gasteiger partial charge is 0.377 e. The van der Waals surface area contributed by atoms with Crippen molar-refractivity contribution in [2.24, 2.45) is 10.8 Å². The fourth-order valence-electron chi connectivity index (χ4n) is 1.56. The molecular weight excluding hydrogens is 148 g/mol. The van der Waals surface area contributed by atoms with Gasteiger partial charge in [0.15, 0.2) is 0 Å². The molecule has 0 atom stereocenters. The van der Waals surface area contributed by atoms with Gasteiger partial charge < -0.3 is 5.11 Å². The van der Waals surface area contributed by atoms with Gasteiger partial charge in [-0.25, -0.2) is 0 Å². The van der Waals surface area contributed by atoms with E-state index in [0.29, 0.717) is 0 Å². The third-order valence-electron chi connectivity index (χ3n) is 2.38. The van der Waals surface area contributed by atoms with E-state index in [2.05, 4.69) is 5.92 Å². The summed E-state index contributed by atoms with van der Waals surface area (Å²) in [5, 5.41) is 10.3. The number of hydrogen-bond acceptors (Lipinski definition) is 1. The van der Waals surface area contributed by atoms with E-state index in [1.54, 1.807) is 0 Å². The molecule has 0 aliphatic rings. The molecule has 0 rings (SSSR count). The molecule has 0 unspecified atom stereocenters. The summed E-state index contributed by atoms with van der Waals surface area (Å²) in [6.07, 6.45) is 5.38. The van der Waals surface area contributed by atoms with Crippen molar-refractivity contribution in [3.8, 4) is 12.3 Å². The molecule has 0 saturated heterocycles. The van der Waals surface area contributed by atoms with E-state index >= 15 is 0 Å². The minimum absolute atomic E-state index is 0.292. The molecular formula is C11H20O. The van der Waals surface area contributed by atoms with Gasteiger partial charge in [0.05, 0.1) is 0 Å². The fraction of sp³-hybridized carbons (Fsp3) is 0.818. The molecule has 1 N–H and O–H groups in total. The lowest BCUT2D eigenvalue weighted by atomic mass is 9.63. The van der Waals surface area contributed by atoms with Crippen LogP contribution in [0.15, 0.2) is 0 Å². The van der Waals surface area contributed by atoms with Crippen LogP contribution in [-0.4, -0.2) is 10.7 Å². The number of terminal acetylenes is 1. The van der Waals surface area contributed by atoms with Gasteiger partial charge in [0.25, 0.3) is 0 Å². The molecule has 0 aliphatic heterocycles. The van der Waals surface area contributed by atoms with Crippen LogP contribution in [0.4, 0.5) is 0 Å². The molecule has 0 heterocycles. The smallest absolute Gasteiger partial charge is 0.134 e. The summed E-state index contributed by atoms with van der Waals surface area (Å²) in [7, 11) is 0. The molecule has 0 aromatic heterocycles. The van der Waals surface area contributed by atoms with Crippen molar-refractivity contribution in [2.45, 2.75) is 47.1 Å². The van der Waals surface area contributed by atoms with Crippen molar-refractivity contribution in [3.63, 3.8) is 0 Å². The molecule has 0 bridgehead atoms. The lowest BCUT2D eigenvalue weighted by Gasteiger charge is -2.45. The average molecular weight is 168 g/mol. The topological polar surface area (TPSA) is 20.2 Å². The zero-order chi connectivity index (χ0) is 10.2. The Morgan fingerprint density at radius 3 is 1.17 bits per heavy atom. The standard InChI is InChI=1S/C11H20O/c1-8-11(12,9(2,3)4)10(5,6)7/h1,12H,2-7H3. The van der Waals surface area contributed by atoms with Gasteiger partial charge in [-0.15, -0.1) is 6.42 Å². The SMILES string of the molecule is C#CC(O)(C(C)(C)C)C(C)(C)C. The van der Waals surface area contributed by atoms with Gasteiger partial charge in [-0.05, 0) is 0 Å². The molecule has 70 valence electrons. The summed E-state index contributed by atoms with van der Waals surface area (Å²) in [6, 6.07) is 0. The van der Waals surface area contributed by atoms with Gasteiger partial charge in [-0.2, -0.15) is 0 Å². The number of hydrogen-bond donors (Lipinski definition) is 1. The van der Waals surface area contributed by atoms with Crippen molar-refractivity contribution in [2.75, 3.05) is 0 Å². The first-order chi connectivity index (χ1) is 5.06. The predicted octanol–water partition coefficient (Wildman–Crippen LogP) is 2.44. The highest BCUT2D eigenvalue weighted by Gasteiger charge is 2.47. The average Bonchev–Trinajstić information content (AvgIpc) is 1.81. The Morgan fingerprint density at radius 2 is 1.17 bits per heavy atom. The Kier molecular flexibility index (Phi) is 2.67. The molecule has 0 fully saturated rings. The second-order valence-corrected chi connectivity index (χ2v) is 5.35. The van der Waals surface area contributed by atoms with Crippen LogP contribution in [0.3, 0.4) is 0 Å². The zero-order valence-corrected chi connectivity index (χ0v) is 9.02. The van der Waals surface area contributed by atoms with Crippen LogP contribution in [0.5, 0.6) is 0 Å². The van der Waals surface area contributed by atoms with Gasteiger partial charge in [0.2, 0.25) is 0 Å². The van der Waals surface area contributed by atoms with Crippen molar-refractivity contribution < 1.29 is 5.11 Å². The van der Waals surface area contributed by atoms with Gasteiger partial charge in [0.1, 0.15) is 5.60 Å². The van der Waals surface area contributed by atoms with Crippen LogP contribution in [0, 0.1) is 23.2 Å². The predicted molar refractivity (Wildman–Crippen MR) is 52.7 cm³/mol. The van der Waals surface area contributed by atoms with Crippen LogP contribution in [0.2, 0.25) is 0 Å². The summed E-state index contributed by atoms with van der Waals surface area (Å²) in [5.41, 5.74) is -1.64. The van der Waals surface area contributed by atoms with Gasteiger partial charge in [0, 0.05) is 10.8 Å². The van der Waals surface area contributed by atoms with Crippen molar-refractivity contribution in [1.82, 2.24) is 0 Å². The number of rotatable bonds is 0. The van der Waals surface area contributed by atoms with Gasteiger partial charge in [-0.3, -0.25) is 0 Å². The van der Waals surface area contributed by atoms with E-state index in [1.165, 1.54) is 0 Å². The Hall–Kier alpha value is -0.480. The van der Waals surface area contributed by atoms with Crippen molar-refractivity contribution in [3.05, 3.63) is 0 Å². The Morgan fingerprint density at radius 1 is 0.917 bits per heavy atom. The third-order valence-corrected chi connectivity index (χ3v) is 2.38. The Bertz CT molecular complexity index is 181. The maximum atomic E-state index is 10.3. The normalized spacial score (nSPS) is 14.2. The van der Waals surface area contributed by atoms with E-state index < -0.39 is 5.60 Å². The highest BCUT2D eigenvalue weighted by molar-refractivity contribution is 5.18. The summed E-state index contributed by atoms with van der Waals surface area (Å²) in [6.45, 7) is 11.7.